The molecule has 0 amide bonds. The van der Waals surface area contributed by atoms with Crippen LogP contribution in [0.3, 0.4) is 0 Å². The molecule has 0 rings (SSSR count). The van der Waals surface area contributed by atoms with Gasteiger partial charge in [0.05, 0.1) is 13.2 Å². The number of hydrogen-bond donors (Lipinski definition) is 1. The maximum atomic E-state index is 12.0. The molecule has 1 N–H and O–H groups in total. The minimum Gasteiger partial charge on any atom is -1.00 e. The van der Waals surface area contributed by atoms with Crippen molar-refractivity contribution in [1.82, 2.24) is 0 Å². The van der Waals surface area contributed by atoms with E-state index in [1.807, 2.05) is 0 Å². The van der Waals surface area contributed by atoms with Gasteiger partial charge in [-0.05, 0) is 12.8 Å². The van der Waals surface area contributed by atoms with E-state index in [2.05, 4.69) is 13.8 Å². The third-order valence-electron chi connectivity index (χ3n) is 8.50. The van der Waals surface area contributed by atoms with Gasteiger partial charge in [0.15, 0.2) is 0 Å². The van der Waals surface area contributed by atoms with E-state index >= 15 is 0 Å². The van der Waals surface area contributed by atoms with Gasteiger partial charge >= 0.3 is 77.0 Å². The summed E-state index contributed by atoms with van der Waals surface area (Å²) in [4.78, 5) is 9.88. The van der Waals surface area contributed by atoms with Crippen molar-refractivity contribution in [2.45, 2.75) is 219 Å². The molecule has 0 radical (unpaired) electrons. The smallest absolute Gasteiger partial charge is 1.00 e. The van der Waals surface area contributed by atoms with Crippen molar-refractivity contribution in [3.63, 3.8) is 0 Å². The standard InChI is InChI=1S/C36H75O4P.3Mg.6H/c1-3-5-7-9-11-13-15-17-19-21-23-25-27-29-31-33-35-39-41(37,38)40-36-34-32-30-28-26-24-22-20-18-16-14-12-10-8-6-4-2;;;;;;;;;/h3-36H2,1-2H3,(H,37,38);;;;;;;;;/q;3*+2;6*-1. The van der Waals surface area contributed by atoms with Crippen LogP contribution in [0.25, 0.3) is 0 Å². The Labute approximate surface area is 334 Å². The number of phosphoric acid groups is 1. The van der Waals surface area contributed by atoms with E-state index in [-0.39, 0.29) is 77.7 Å². The molecule has 0 atom stereocenters. The van der Waals surface area contributed by atoms with E-state index in [9.17, 15) is 9.46 Å². The number of unbranched alkanes of at least 4 members (excludes halogenated alkanes) is 30. The SMILES string of the molecule is CCCCCCCCCCCCCCCCCCOP(=O)(O)OCCCCCCCCCCCCCCCCCC.[H-].[H-].[H-].[H-].[H-].[H-].[Mg+2].[Mg+2].[Mg+2]. The summed E-state index contributed by atoms with van der Waals surface area (Å²) < 4.78 is 22.4. The summed E-state index contributed by atoms with van der Waals surface area (Å²) in [7, 11) is -3.87. The maximum Gasteiger partial charge on any atom is 2.00 e. The summed E-state index contributed by atoms with van der Waals surface area (Å²) in [6, 6.07) is 0. The number of hydrogen-bond acceptors (Lipinski definition) is 3. The van der Waals surface area contributed by atoms with Crippen LogP contribution in [-0.4, -0.2) is 87.3 Å². The average molecular weight is 682 g/mol. The van der Waals surface area contributed by atoms with Crippen LogP contribution >= 0.6 is 7.82 Å². The molecule has 0 aromatic carbocycles. The summed E-state index contributed by atoms with van der Waals surface area (Å²) >= 11 is 0. The first kappa shape index (κ1) is 53.2. The van der Waals surface area contributed by atoms with Gasteiger partial charge in [-0.1, -0.05) is 206 Å². The molecule has 4 nitrogen and oxygen atoms in total. The quantitative estimate of drug-likeness (QED) is 0.0406. The Hall–Kier alpha value is 2.41. The van der Waals surface area contributed by atoms with Crippen molar-refractivity contribution >= 4 is 77.0 Å². The third kappa shape index (κ3) is 46.5. The zero-order valence-corrected chi connectivity index (χ0v) is 35.4. The molecule has 0 aromatic rings. The van der Waals surface area contributed by atoms with Crippen LogP contribution in [0.5, 0.6) is 0 Å². The van der Waals surface area contributed by atoms with Gasteiger partial charge in [-0.3, -0.25) is 9.05 Å². The Morgan fingerprint density at radius 2 is 0.523 bits per heavy atom. The Morgan fingerprint density at radius 1 is 0.364 bits per heavy atom. The van der Waals surface area contributed by atoms with Gasteiger partial charge in [0.2, 0.25) is 0 Å². The number of rotatable bonds is 36. The molecule has 0 aromatic heterocycles. The predicted molar refractivity (Wildman–Crippen MR) is 205 cm³/mol. The first-order valence-electron chi connectivity index (χ1n) is 18.7. The Morgan fingerprint density at radius 3 is 0.705 bits per heavy atom. The van der Waals surface area contributed by atoms with Crippen LogP contribution in [0.1, 0.15) is 228 Å². The molecule has 0 aliphatic carbocycles. The average Bonchev–Trinajstić information content (AvgIpc) is 2.96. The monoisotopic (exact) mass is 681 g/mol. The van der Waals surface area contributed by atoms with Gasteiger partial charge in [-0.15, -0.1) is 0 Å². The van der Waals surface area contributed by atoms with Crippen LogP contribution in [0.2, 0.25) is 0 Å². The van der Waals surface area contributed by atoms with Crippen molar-refractivity contribution in [2.75, 3.05) is 13.2 Å². The largest absolute Gasteiger partial charge is 2.00 e. The van der Waals surface area contributed by atoms with Gasteiger partial charge in [0.25, 0.3) is 0 Å². The van der Waals surface area contributed by atoms with Gasteiger partial charge in [0.1, 0.15) is 0 Å². The fourth-order valence-electron chi connectivity index (χ4n) is 5.70. The first-order chi connectivity index (χ1) is 20.1. The fraction of sp³-hybridized carbons (Fsp3) is 1.00. The molecule has 0 spiro atoms. The minimum atomic E-state index is -3.87. The zero-order valence-electron chi connectivity index (χ0n) is 36.3. The Kier molecular flexibility index (Phi) is 54.9. The van der Waals surface area contributed by atoms with Gasteiger partial charge in [-0.25, -0.2) is 4.57 Å². The summed E-state index contributed by atoms with van der Waals surface area (Å²) in [5.74, 6) is 0. The van der Waals surface area contributed by atoms with Crippen molar-refractivity contribution in [2.24, 2.45) is 0 Å². The van der Waals surface area contributed by atoms with E-state index in [1.54, 1.807) is 0 Å². The summed E-state index contributed by atoms with van der Waals surface area (Å²) in [6.07, 6.45) is 42.2. The molecular formula is C36H81Mg3O4P. The molecule has 0 unspecified atom stereocenters. The van der Waals surface area contributed by atoms with Crippen LogP contribution in [0.4, 0.5) is 0 Å². The molecule has 0 bridgehead atoms. The van der Waals surface area contributed by atoms with Crippen molar-refractivity contribution in [1.29, 1.82) is 0 Å². The minimum absolute atomic E-state index is 0. The predicted octanol–water partition coefficient (Wildman–Crippen LogP) is 13.2. The van der Waals surface area contributed by atoms with E-state index < -0.39 is 7.82 Å². The molecule has 44 heavy (non-hydrogen) atoms. The first-order valence-corrected chi connectivity index (χ1v) is 20.2. The molecule has 0 saturated heterocycles. The Bertz CT molecular complexity index is 528. The van der Waals surface area contributed by atoms with E-state index in [0.717, 1.165) is 25.7 Å². The molecule has 260 valence electrons. The van der Waals surface area contributed by atoms with E-state index in [0.29, 0.717) is 13.2 Å². The van der Waals surface area contributed by atoms with Crippen LogP contribution in [-0.2, 0) is 13.6 Å². The zero-order chi connectivity index (χ0) is 30.0. The van der Waals surface area contributed by atoms with Crippen molar-refractivity contribution in [3.8, 4) is 0 Å². The molecule has 0 heterocycles. The summed E-state index contributed by atoms with van der Waals surface area (Å²) in [5.41, 5.74) is 0. The van der Waals surface area contributed by atoms with Crippen LogP contribution in [0.15, 0.2) is 0 Å². The molecule has 0 saturated carbocycles. The molecule has 0 fully saturated rings. The second-order valence-corrected chi connectivity index (χ2v) is 14.2. The molecule has 0 aliphatic heterocycles. The molecular weight excluding hydrogens is 600 g/mol. The topological polar surface area (TPSA) is 55.8 Å². The van der Waals surface area contributed by atoms with Crippen molar-refractivity contribution in [3.05, 3.63) is 0 Å². The summed E-state index contributed by atoms with van der Waals surface area (Å²) in [5, 5.41) is 0. The fourth-order valence-corrected chi connectivity index (χ4v) is 6.49. The maximum absolute atomic E-state index is 12.0. The van der Waals surface area contributed by atoms with E-state index in [4.69, 9.17) is 9.05 Å². The van der Waals surface area contributed by atoms with Gasteiger partial charge in [-0.2, -0.15) is 0 Å². The second-order valence-electron chi connectivity index (χ2n) is 12.7. The summed E-state index contributed by atoms with van der Waals surface area (Å²) in [6.45, 7) is 5.21. The van der Waals surface area contributed by atoms with Crippen molar-refractivity contribution < 1.29 is 27.1 Å². The molecule has 0 aliphatic rings. The molecule has 8 heteroatoms. The normalized spacial score (nSPS) is 11.2. The van der Waals surface area contributed by atoms with Crippen LogP contribution in [0, 0.1) is 0 Å². The number of phosphoric ester groups is 1. The third-order valence-corrected chi connectivity index (χ3v) is 9.52. The van der Waals surface area contributed by atoms with E-state index in [1.165, 1.54) is 180 Å². The van der Waals surface area contributed by atoms with Crippen LogP contribution < -0.4 is 0 Å². The Balaban J connectivity index is -0.000000222. The van der Waals surface area contributed by atoms with Gasteiger partial charge in [0, 0.05) is 0 Å². The second kappa shape index (κ2) is 45.4. The van der Waals surface area contributed by atoms with Gasteiger partial charge < -0.3 is 13.5 Å².